The Morgan fingerprint density at radius 3 is 2.95 bits per heavy atom. The van der Waals surface area contributed by atoms with Crippen molar-refractivity contribution in [3.63, 3.8) is 0 Å². The predicted octanol–water partition coefficient (Wildman–Crippen LogP) is 3.11. The SMILES string of the molecule is CNCc1c(C)nn(CC2CSc3ccccc32)c1C. The van der Waals surface area contributed by atoms with Crippen LogP contribution in [0.5, 0.6) is 0 Å². The van der Waals surface area contributed by atoms with Gasteiger partial charge in [-0.25, -0.2) is 0 Å². The number of rotatable bonds is 4. The van der Waals surface area contributed by atoms with Gasteiger partial charge in [-0.05, 0) is 32.5 Å². The van der Waals surface area contributed by atoms with E-state index >= 15 is 0 Å². The van der Waals surface area contributed by atoms with Gasteiger partial charge in [0, 0.05) is 40.9 Å². The third-order valence-electron chi connectivity index (χ3n) is 4.08. The molecular weight excluding hydrogens is 266 g/mol. The third kappa shape index (κ3) is 2.38. The fourth-order valence-corrected chi connectivity index (χ4v) is 4.18. The first kappa shape index (κ1) is 13.7. The van der Waals surface area contributed by atoms with Gasteiger partial charge in [0.05, 0.1) is 5.69 Å². The molecule has 0 amide bonds. The van der Waals surface area contributed by atoms with Crippen LogP contribution in [0.2, 0.25) is 0 Å². The normalized spacial score (nSPS) is 17.4. The summed E-state index contributed by atoms with van der Waals surface area (Å²) in [4.78, 5) is 1.44. The number of hydrogen-bond donors (Lipinski definition) is 1. The lowest BCUT2D eigenvalue weighted by Gasteiger charge is -2.12. The van der Waals surface area contributed by atoms with E-state index < -0.39 is 0 Å². The highest BCUT2D eigenvalue weighted by Gasteiger charge is 2.24. The van der Waals surface area contributed by atoms with Crippen LogP contribution in [0.3, 0.4) is 0 Å². The predicted molar refractivity (Wildman–Crippen MR) is 84.4 cm³/mol. The average molecular weight is 287 g/mol. The molecule has 0 spiro atoms. The van der Waals surface area contributed by atoms with Crippen molar-refractivity contribution in [2.24, 2.45) is 0 Å². The second kappa shape index (κ2) is 5.62. The lowest BCUT2D eigenvalue weighted by Crippen LogP contribution is -2.12. The van der Waals surface area contributed by atoms with Crippen LogP contribution < -0.4 is 5.32 Å². The standard InChI is InChI=1S/C16H21N3S/c1-11-15(8-17-3)12(2)19(18-11)9-13-10-20-16-7-5-4-6-14(13)16/h4-7,13,17H,8-10H2,1-3H3. The molecule has 0 fully saturated rings. The molecule has 4 heteroatoms. The van der Waals surface area contributed by atoms with Crippen molar-refractivity contribution in [1.29, 1.82) is 0 Å². The van der Waals surface area contributed by atoms with Gasteiger partial charge in [-0.15, -0.1) is 11.8 Å². The molecule has 1 aromatic carbocycles. The van der Waals surface area contributed by atoms with Crippen LogP contribution in [0.1, 0.15) is 28.4 Å². The molecule has 1 atom stereocenters. The van der Waals surface area contributed by atoms with E-state index in [1.807, 2.05) is 18.8 Å². The zero-order valence-corrected chi connectivity index (χ0v) is 13.1. The van der Waals surface area contributed by atoms with Gasteiger partial charge in [-0.1, -0.05) is 18.2 Å². The number of thioether (sulfide) groups is 1. The van der Waals surface area contributed by atoms with Crippen molar-refractivity contribution in [3.8, 4) is 0 Å². The molecule has 3 rings (SSSR count). The summed E-state index contributed by atoms with van der Waals surface area (Å²) in [6.45, 7) is 6.17. The Labute approximate surface area is 124 Å². The Morgan fingerprint density at radius 2 is 2.15 bits per heavy atom. The summed E-state index contributed by atoms with van der Waals surface area (Å²) in [5.74, 6) is 1.75. The molecule has 1 aliphatic rings. The summed E-state index contributed by atoms with van der Waals surface area (Å²) < 4.78 is 2.19. The number of nitrogens with one attached hydrogen (secondary N) is 1. The molecule has 0 saturated heterocycles. The number of nitrogens with zero attached hydrogens (tertiary/aromatic N) is 2. The average Bonchev–Trinajstić information content (AvgIpc) is 2.97. The molecular formula is C16H21N3S. The topological polar surface area (TPSA) is 29.9 Å². The largest absolute Gasteiger partial charge is 0.316 e. The molecule has 3 nitrogen and oxygen atoms in total. The van der Waals surface area contributed by atoms with Crippen molar-refractivity contribution >= 4 is 11.8 Å². The molecule has 1 aromatic heterocycles. The fraction of sp³-hybridized carbons (Fsp3) is 0.438. The van der Waals surface area contributed by atoms with Crippen LogP contribution in [0.25, 0.3) is 0 Å². The van der Waals surface area contributed by atoms with E-state index in [9.17, 15) is 0 Å². The van der Waals surface area contributed by atoms with E-state index in [2.05, 4.69) is 48.1 Å². The van der Waals surface area contributed by atoms with Crippen LogP contribution in [0, 0.1) is 13.8 Å². The lowest BCUT2D eigenvalue weighted by molar-refractivity contribution is 0.534. The van der Waals surface area contributed by atoms with Gasteiger partial charge >= 0.3 is 0 Å². The maximum atomic E-state index is 4.73. The molecule has 1 N–H and O–H groups in total. The molecule has 2 heterocycles. The van der Waals surface area contributed by atoms with Crippen LogP contribution >= 0.6 is 11.8 Å². The molecule has 0 saturated carbocycles. The van der Waals surface area contributed by atoms with Gasteiger partial charge in [0.25, 0.3) is 0 Å². The van der Waals surface area contributed by atoms with Crippen molar-refractivity contribution in [2.45, 2.75) is 37.8 Å². The minimum atomic E-state index is 0.580. The molecule has 0 aliphatic carbocycles. The summed E-state index contributed by atoms with van der Waals surface area (Å²) in [6.07, 6.45) is 0. The van der Waals surface area contributed by atoms with Gasteiger partial charge in [0.2, 0.25) is 0 Å². The number of aromatic nitrogens is 2. The van der Waals surface area contributed by atoms with Crippen LogP contribution in [0.4, 0.5) is 0 Å². The maximum absolute atomic E-state index is 4.73. The number of benzene rings is 1. The lowest BCUT2D eigenvalue weighted by atomic mass is 10.0. The summed E-state index contributed by atoms with van der Waals surface area (Å²) >= 11 is 1.97. The first-order chi connectivity index (χ1) is 9.70. The Morgan fingerprint density at radius 1 is 1.35 bits per heavy atom. The minimum absolute atomic E-state index is 0.580. The molecule has 1 unspecified atom stereocenters. The van der Waals surface area contributed by atoms with Crippen molar-refractivity contribution in [3.05, 3.63) is 46.8 Å². The van der Waals surface area contributed by atoms with Crippen molar-refractivity contribution in [2.75, 3.05) is 12.8 Å². The number of hydrogen-bond acceptors (Lipinski definition) is 3. The van der Waals surface area contributed by atoms with Gasteiger partial charge in [0.1, 0.15) is 0 Å². The van der Waals surface area contributed by atoms with Gasteiger partial charge in [0.15, 0.2) is 0 Å². The van der Waals surface area contributed by atoms with Gasteiger partial charge in [-0.2, -0.15) is 5.10 Å². The summed E-state index contributed by atoms with van der Waals surface area (Å²) in [5, 5.41) is 7.96. The van der Waals surface area contributed by atoms with E-state index in [4.69, 9.17) is 5.10 Å². The van der Waals surface area contributed by atoms with E-state index in [1.165, 1.54) is 27.5 Å². The van der Waals surface area contributed by atoms with Crippen LogP contribution in [0.15, 0.2) is 29.2 Å². The summed E-state index contributed by atoms with van der Waals surface area (Å²) in [6, 6.07) is 8.77. The highest BCUT2D eigenvalue weighted by molar-refractivity contribution is 7.99. The molecule has 2 aromatic rings. The highest BCUT2D eigenvalue weighted by Crippen LogP contribution is 2.40. The van der Waals surface area contributed by atoms with E-state index in [0.717, 1.165) is 18.8 Å². The minimum Gasteiger partial charge on any atom is -0.316 e. The fourth-order valence-electron chi connectivity index (χ4n) is 2.93. The zero-order chi connectivity index (χ0) is 14.1. The van der Waals surface area contributed by atoms with Crippen LogP contribution in [-0.4, -0.2) is 22.6 Å². The molecule has 106 valence electrons. The summed E-state index contributed by atoms with van der Waals surface area (Å²) in [5.41, 5.74) is 5.27. The Kier molecular flexibility index (Phi) is 3.85. The molecule has 20 heavy (non-hydrogen) atoms. The highest BCUT2D eigenvalue weighted by atomic mass is 32.2. The van der Waals surface area contributed by atoms with Gasteiger partial charge in [-0.3, -0.25) is 4.68 Å². The molecule has 1 aliphatic heterocycles. The second-order valence-electron chi connectivity index (χ2n) is 5.41. The van der Waals surface area contributed by atoms with Gasteiger partial charge < -0.3 is 5.32 Å². The Balaban J connectivity index is 1.85. The Bertz CT molecular complexity index is 618. The smallest absolute Gasteiger partial charge is 0.0641 e. The van der Waals surface area contributed by atoms with Crippen molar-refractivity contribution < 1.29 is 0 Å². The first-order valence-electron chi connectivity index (χ1n) is 7.10. The molecule has 0 bridgehead atoms. The monoisotopic (exact) mass is 287 g/mol. The molecule has 0 radical (unpaired) electrons. The maximum Gasteiger partial charge on any atom is 0.0641 e. The third-order valence-corrected chi connectivity index (χ3v) is 5.33. The number of aryl methyl sites for hydroxylation is 1. The number of fused-ring (bicyclic) bond motifs is 1. The van der Waals surface area contributed by atoms with E-state index in [1.54, 1.807) is 0 Å². The quantitative estimate of drug-likeness (QED) is 0.937. The Hall–Kier alpha value is -1.26. The second-order valence-corrected chi connectivity index (χ2v) is 6.47. The van der Waals surface area contributed by atoms with Crippen molar-refractivity contribution in [1.82, 2.24) is 15.1 Å². The van der Waals surface area contributed by atoms with Crippen LogP contribution in [-0.2, 0) is 13.1 Å². The van der Waals surface area contributed by atoms with E-state index in [-0.39, 0.29) is 0 Å². The zero-order valence-electron chi connectivity index (χ0n) is 12.3. The van der Waals surface area contributed by atoms with E-state index in [0.29, 0.717) is 5.92 Å². The first-order valence-corrected chi connectivity index (χ1v) is 8.08. The summed E-state index contributed by atoms with van der Waals surface area (Å²) in [7, 11) is 1.99.